The second-order valence-corrected chi connectivity index (χ2v) is 4.63. The number of aromatic nitrogens is 2. The van der Waals surface area contributed by atoms with Gasteiger partial charge in [-0.3, -0.25) is 0 Å². The minimum Gasteiger partial charge on any atom is -0.458 e. The van der Waals surface area contributed by atoms with Crippen LogP contribution in [0.3, 0.4) is 0 Å². The van der Waals surface area contributed by atoms with E-state index in [-0.39, 0.29) is 6.61 Å². The highest BCUT2D eigenvalue weighted by atomic mass is 32.1. The van der Waals surface area contributed by atoms with Crippen LogP contribution in [-0.2, 0) is 6.61 Å². The highest BCUT2D eigenvalue weighted by Crippen LogP contribution is 2.31. The van der Waals surface area contributed by atoms with Gasteiger partial charge in [-0.1, -0.05) is 0 Å². The summed E-state index contributed by atoms with van der Waals surface area (Å²) in [6.45, 7) is 1.96. The lowest BCUT2D eigenvalue weighted by Crippen LogP contribution is -1.76. The van der Waals surface area contributed by atoms with E-state index in [1.165, 1.54) is 0 Å². The van der Waals surface area contributed by atoms with Crippen LogP contribution in [0, 0.1) is 6.92 Å². The molecule has 0 saturated heterocycles. The molecule has 0 unspecified atom stereocenters. The Hall–Kier alpha value is -1.59. The second-order valence-electron chi connectivity index (χ2n) is 3.60. The number of aliphatic hydroxyl groups is 1. The lowest BCUT2D eigenvalue weighted by Gasteiger charge is -1.89. The quantitative estimate of drug-likeness (QED) is 0.741. The summed E-state index contributed by atoms with van der Waals surface area (Å²) in [4.78, 5) is 2.14. The first kappa shape index (κ1) is 9.62. The van der Waals surface area contributed by atoms with E-state index in [0.717, 1.165) is 21.0 Å². The lowest BCUT2D eigenvalue weighted by molar-refractivity contribution is 0.249. The van der Waals surface area contributed by atoms with Gasteiger partial charge in [0.25, 0.3) is 0 Å². The summed E-state index contributed by atoms with van der Waals surface area (Å²) in [6, 6.07) is 3.65. The summed E-state index contributed by atoms with van der Waals surface area (Å²) < 4.78 is 7.32. The smallest absolute Gasteiger partial charge is 0.146 e. The monoisotopic (exact) mass is 234 g/mol. The molecular formula is C11H10N2O2S. The Morgan fingerprint density at radius 2 is 2.38 bits per heavy atom. The Morgan fingerprint density at radius 1 is 1.50 bits per heavy atom. The van der Waals surface area contributed by atoms with Crippen molar-refractivity contribution in [1.82, 2.24) is 9.61 Å². The number of thiazole rings is 1. The third-order valence-corrected chi connectivity index (χ3v) is 3.66. The molecule has 3 aromatic heterocycles. The van der Waals surface area contributed by atoms with Crippen molar-refractivity contribution in [2.75, 3.05) is 0 Å². The van der Waals surface area contributed by atoms with Crippen LogP contribution < -0.4 is 0 Å². The van der Waals surface area contributed by atoms with Gasteiger partial charge in [-0.25, -0.2) is 4.52 Å². The zero-order valence-electron chi connectivity index (χ0n) is 8.67. The minimum atomic E-state index is -0.0679. The number of aryl methyl sites for hydroxylation is 1. The molecule has 0 aliphatic heterocycles. The van der Waals surface area contributed by atoms with Gasteiger partial charge in [0.1, 0.15) is 23.0 Å². The molecule has 0 atom stereocenters. The first-order valence-corrected chi connectivity index (χ1v) is 5.73. The highest BCUT2D eigenvalue weighted by Gasteiger charge is 2.10. The maximum atomic E-state index is 8.93. The van der Waals surface area contributed by atoms with Crippen molar-refractivity contribution in [3.05, 3.63) is 35.9 Å². The van der Waals surface area contributed by atoms with E-state index in [9.17, 15) is 0 Å². The standard InChI is InChI=1S/C11H10N2O2S/c1-7-4-12-13-5-10(16-11(7)13)9-3-2-8(6-14)15-9/h2-5,14H,6H2,1H3. The first-order chi connectivity index (χ1) is 7.78. The highest BCUT2D eigenvalue weighted by molar-refractivity contribution is 7.20. The van der Waals surface area contributed by atoms with Gasteiger partial charge in [-0.15, -0.1) is 11.3 Å². The van der Waals surface area contributed by atoms with Gasteiger partial charge in [0.05, 0.1) is 17.3 Å². The zero-order valence-corrected chi connectivity index (χ0v) is 9.49. The summed E-state index contributed by atoms with van der Waals surface area (Å²) in [7, 11) is 0. The Labute approximate surface area is 95.8 Å². The molecule has 82 valence electrons. The molecule has 1 N–H and O–H groups in total. The first-order valence-electron chi connectivity index (χ1n) is 4.91. The van der Waals surface area contributed by atoms with Crippen LogP contribution in [0.2, 0.25) is 0 Å². The van der Waals surface area contributed by atoms with E-state index in [1.807, 2.05) is 29.9 Å². The number of nitrogens with zero attached hydrogens (tertiary/aromatic N) is 2. The van der Waals surface area contributed by atoms with Crippen molar-refractivity contribution in [1.29, 1.82) is 0 Å². The molecular weight excluding hydrogens is 224 g/mol. The zero-order chi connectivity index (χ0) is 11.1. The topological polar surface area (TPSA) is 50.7 Å². The molecule has 0 aliphatic rings. The summed E-state index contributed by atoms with van der Waals surface area (Å²) in [6.07, 6.45) is 3.78. The fraction of sp³-hybridized carbons (Fsp3) is 0.182. The van der Waals surface area contributed by atoms with Gasteiger partial charge in [-0.2, -0.15) is 5.10 Å². The van der Waals surface area contributed by atoms with Gasteiger partial charge in [0.15, 0.2) is 0 Å². The average Bonchev–Trinajstić information content (AvgIpc) is 2.95. The molecule has 3 aromatic rings. The van der Waals surface area contributed by atoms with Gasteiger partial charge < -0.3 is 9.52 Å². The van der Waals surface area contributed by atoms with Crippen LogP contribution in [0.4, 0.5) is 0 Å². The largest absolute Gasteiger partial charge is 0.458 e. The van der Waals surface area contributed by atoms with Gasteiger partial charge >= 0.3 is 0 Å². The normalized spacial score (nSPS) is 11.4. The molecule has 16 heavy (non-hydrogen) atoms. The maximum Gasteiger partial charge on any atom is 0.146 e. The molecule has 0 saturated carbocycles. The van der Waals surface area contributed by atoms with E-state index < -0.39 is 0 Å². The Balaban J connectivity index is 2.11. The minimum absolute atomic E-state index is 0.0679. The van der Waals surface area contributed by atoms with Gasteiger partial charge in [0, 0.05) is 5.56 Å². The molecule has 0 amide bonds. The predicted molar refractivity (Wildman–Crippen MR) is 61.4 cm³/mol. The molecule has 5 heteroatoms. The molecule has 4 nitrogen and oxygen atoms in total. The SMILES string of the molecule is Cc1cnn2cc(-c3ccc(CO)o3)sc12. The van der Waals surface area contributed by atoms with Crippen LogP contribution in [0.25, 0.3) is 15.5 Å². The number of hydrogen-bond donors (Lipinski definition) is 1. The summed E-state index contributed by atoms with van der Waals surface area (Å²) in [5, 5.41) is 13.2. The Morgan fingerprint density at radius 3 is 3.06 bits per heavy atom. The number of rotatable bonds is 2. The number of fused-ring (bicyclic) bond motifs is 1. The fourth-order valence-electron chi connectivity index (χ4n) is 1.61. The second kappa shape index (κ2) is 3.47. The molecule has 0 bridgehead atoms. The summed E-state index contributed by atoms with van der Waals surface area (Å²) in [5.74, 6) is 1.36. The van der Waals surface area contributed by atoms with E-state index in [0.29, 0.717) is 5.76 Å². The fourth-order valence-corrected chi connectivity index (χ4v) is 2.59. The summed E-state index contributed by atoms with van der Waals surface area (Å²) >= 11 is 1.63. The van der Waals surface area contributed by atoms with Crippen LogP contribution in [-0.4, -0.2) is 14.7 Å². The predicted octanol–water partition coefficient (Wildman–Crippen LogP) is 2.46. The molecule has 0 aromatic carbocycles. The Kier molecular flexibility index (Phi) is 2.08. The van der Waals surface area contributed by atoms with E-state index >= 15 is 0 Å². The molecule has 3 heterocycles. The third kappa shape index (κ3) is 1.36. The molecule has 0 spiro atoms. The van der Waals surface area contributed by atoms with Crippen molar-refractivity contribution in [3.63, 3.8) is 0 Å². The van der Waals surface area contributed by atoms with E-state index in [1.54, 1.807) is 17.4 Å². The molecule has 0 aliphatic carbocycles. The van der Waals surface area contributed by atoms with Crippen molar-refractivity contribution >= 4 is 16.2 Å². The van der Waals surface area contributed by atoms with Crippen molar-refractivity contribution in [2.45, 2.75) is 13.5 Å². The van der Waals surface area contributed by atoms with Crippen LogP contribution in [0.15, 0.2) is 28.9 Å². The molecule has 0 radical (unpaired) electrons. The Bertz CT molecular complexity index is 635. The van der Waals surface area contributed by atoms with Crippen molar-refractivity contribution < 1.29 is 9.52 Å². The maximum absolute atomic E-state index is 8.93. The van der Waals surface area contributed by atoms with Crippen LogP contribution in [0.5, 0.6) is 0 Å². The molecule has 0 fully saturated rings. The lowest BCUT2D eigenvalue weighted by atomic mass is 10.4. The van der Waals surface area contributed by atoms with Crippen molar-refractivity contribution in [3.8, 4) is 10.6 Å². The number of furan rings is 1. The van der Waals surface area contributed by atoms with Crippen molar-refractivity contribution in [2.24, 2.45) is 0 Å². The van der Waals surface area contributed by atoms with Crippen LogP contribution >= 0.6 is 11.3 Å². The van der Waals surface area contributed by atoms with Gasteiger partial charge in [0.2, 0.25) is 0 Å². The van der Waals surface area contributed by atoms with E-state index in [2.05, 4.69) is 5.10 Å². The van der Waals surface area contributed by atoms with Gasteiger partial charge in [-0.05, 0) is 19.1 Å². The summed E-state index contributed by atoms with van der Waals surface area (Å²) in [5.41, 5.74) is 1.16. The third-order valence-electron chi connectivity index (χ3n) is 2.43. The number of hydrogen-bond acceptors (Lipinski definition) is 4. The number of aliphatic hydroxyl groups excluding tert-OH is 1. The average molecular weight is 234 g/mol. The van der Waals surface area contributed by atoms with E-state index in [4.69, 9.17) is 9.52 Å². The van der Waals surface area contributed by atoms with Crippen LogP contribution in [0.1, 0.15) is 11.3 Å². The molecule has 3 rings (SSSR count).